The van der Waals surface area contributed by atoms with Crippen LogP contribution in [0.2, 0.25) is 0 Å². The summed E-state index contributed by atoms with van der Waals surface area (Å²) in [5.41, 5.74) is 4.43. The number of hydrogen-bond donors (Lipinski definition) is 1. The first-order valence-corrected chi connectivity index (χ1v) is 8.56. The van der Waals surface area contributed by atoms with E-state index < -0.39 is 6.10 Å². The normalized spacial score (nSPS) is 17.2. The lowest BCUT2D eigenvalue weighted by Gasteiger charge is -2.17. The molecule has 1 aliphatic rings. The van der Waals surface area contributed by atoms with Gasteiger partial charge in [-0.05, 0) is 25.5 Å². The second kappa shape index (κ2) is 6.30. The molecule has 1 fully saturated rings. The molecular formula is C21H20N2O2. The van der Waals surface area contributed by atoms with Gasteiger partial charge in [-0.1, -0.05) is 48.0 Å². The molecule has 4 nitrogen and oxygen atoms in total. The summed E-state index contributed by atoms with van der Waals surface area (Å²) in [4.78, 5) is 19.5. The fraction of sp³-hybridized carbons (Fsp3) is 0.238. The van der Waals surface area contributed by atoms with Gasteiger partial charge in [-0.3, -0.25) is 4.79 Å². The van der Waals surface area contributed by atoms with E-state index in [4.69, 9.17) is 4.98 Å². The number of β-amino-alcohol motifs (C(OH)–C–C–N with tert-alkyl or cyclic N) is 1. The molecule has 0 radical (unpaired) electrons. The van der Waals surface area contributed by atoms with Gasteiger partial charge in [-0.2, -0.15) is 0 Å². The van der Waals surface area contributed by atoms with Gasteiger partial charge in [-0.15, -0.1) is 0 Å². The van der Waals surface area contributed by atoms with Gasteiger partial charge in [0.15, 0.2) is 0 Å². The molecule has 2 aromatic carbocycles. The zero-order valence-corrected chi connectivity index (χ0v) is 14.1. The SMILES string of the molecule is Cc1ccc(-c2cc(C(=O)N3CC[C@H](O)C3)c3ccccc3n2)cc1. The highest BCUT2D eigenvalue weighted by molar-refractivity contribution is 6.07. The molecule has 1 atom stereocenters. The number of rotatable bonds is 2. The minimum atomic E-state index is -0.423. The molecule has 3 aromatic rings. The number of hydrogen-bond acceptors (Lipinski definition) is 3. The molecule has 1 aromatic heterocycles. The van der Waals surface area contributed by atoms with E-state index in [1.165, 1.54) is 5.56 Å². The second-order valence-corrected chi connectivity index (χ2v) is 6.63. The number of likely N-dealkylation sites (tertiary alicyclic amines) is 1. The summed E-state index contributed by atoms with van der Waals surface area (Å²) in [6, 6.07) is 17.7. The van der Waals surface area contributed by atoms with Crippen molar-refractivity contribution in [3.05, 3.63) is 65.7 Å². The Kier molecular flexibility index (Phi) is 3.98. The maximum absolute atomic E-state index is 13.0. The molecule has 1 saturated heterocycles. The Labute approximate surface area is 146 Å². The van der Waals surface area contributed by atoms with E-state index in [2.05, 4.69) is 0 Å². The maximum atomic E-state index is 13.0. The Balaban J connectivity index is 1.84. The number of carbonyl (C=O) groups is 1. The van der Waals surface area contributed by atoms with Crippen molar-refractivity contribution in [1.29, 1.82) is 0 Å². The van der Waals surface area contributed by atoms with Gasteiger partial charge in [0.1, 0.15) is 0 Å². The predicted molar refractivity (Wildman–Crippen MR) is 98.4 cm³/mol. The summed E-state index contributed by atoms with van der Waals surface area (Å²) in [5, 5.41) is 10.6. The van der Waals surface area contributed by atoms with Crippen LogP contribution in [0.1, 0.15) is 22.3 Å². The highest BCUT2D eigenvalue weighted by Crippen LogP contribution is 2.27. The van der Waals surface area contributed by atoms with Crippen LogP contribution >= 0.6 is 0 Å². The summed E-state index contributed by atoms with van der Waals surface area (Å²) < 4.78 is 0. The predicted octanol–water partition coefficient (Wildman–Crippen LogP) is 3.42. The quantitative estimate of drug-likeness (QED) is 0.782. The number of nitrogens with zero attached hydrogens (tertiary/aromatic N) is 2. The zero-order chi connectivity index (χ0) is 17.4. The van der Waals surface area contributed by atoms with E-state index in [1.54, 1.807) is 4.90 Å². The van der Waals surface area contributed by atoms with Gasteiger partial charge in [0, 0.05) is 24.0 Å². The number of aliphatic hydroxyl groups excluding tert-OH is 1. The van der Waals surface area contributed by atoms with Gasteiger partial charge in [-0.25, -0.2) is 4.98 Å². The Morgan fingerprint density at radius 2 is 1.92 bits per heavy atom. The summed E-state index contributed by atoms with van der Waals surface area (Å²) in [7, 11) is 0. The summed E-state index contributed by atoms with van der Waals surface area (Å²) in [6.45, 7) is 3.04. The molecule has 1 amide bonds. The fourth-order valence-electron chi connectivity index (χ4n) is 3.32. The molecule has 2 heterocycles. The van der Waals surface area contributed by atoms with E-state index in [0.29, 0.717) is 25.1 Å². The lowest BCUT2D eigenvalue weighted by molar-refractivity contribution is 0.0767. The van der Waals surface area contributed by atoms with Crippen LogP contribution in [-0.2, 0) is 0 Å². The van der Waals surface area contributed by atoms with E-state index in [0.717, 1.165) is 22.2 Å². The molecule has 0 bridgehead atoms. The minimum Gasteiger partial charge on any atom is -0.391 e. The van der Waals surface area contributed by atoms with Crippen LogP contribution in [0.3, 0.4) is 0 Å². The van der Waals surface area contributed by atoms with Crippen molar-refractivity contribution >= 4 is 16.8 Å². The van der Waals surface area contributed by atoms with Crippen LogP contribution in [0, 0.1) is 6.92 Å². The van der Waals surface area contributed by atoms with E-state index >= 15 is 0 Å². The molecule has 25 heavy (non-hydrogen) atoms. The Bertz CT molecular complexity index is 934. The standard InChI is InChI=1S/C21H20N2O2/c1-14-6-8-15(9-7-14)20-12-18(17-4-2-3-5-19(17)22-20)21(25)23-11-10-16(24)13-23/h2-9,12,16,24H,10-11,13H2,1H3/t16-/m0/s1. The fourth-order valence-corrected chi connectivity index (χ4v) is 3.32. The van der Waals surface area contributed by atoms with Crippen molar-refractivity contribution in [2.75, 3.05) is 13.1 Å². The van der Waals surface area contributed by atoms with E-state index in [1.807, 2.05) is 61.5 Å². The van der Waals surface area contributed by atoms with E-state index in [-0.39, 0.29) is 5.91 Å². The van der Waals surface area contributed by atoms with Crippen molar-refractivity contribution in [1.82, 2.24) is 9.88 Å². The molecular weight excluding hydrogens is 312 g/mol. The first-order valence-electron chi connectivity index (χ1n) is 8.56. The number of amides is 1. The number of para-hydroxylation sites is 1. The van der Waals surface area contributed by atoms with Crippen molar-refractivity contribution in [3.63, 3.8) is 0 Å². The molecule has 1 N–H and O–H groups in total. The summed E-state index contributed by atoms with van der Waals surface area (Å²) in [6.07, 6.45) is 0.216. The molecule has 0 aliphatic carbocycles. The molecule has 0 spiro atoms. The van der Waals surface area contributed by atoms with Crippen LogP contribution in [0.4, 0.5) is 0 Å². The smallest absolute Gasteiger partial charge is 0.254 e. The third-order valence-corrected chi connectivity index (χ3v) is 4.74. The van der Waals surface area contributed by atoms with Gasteiger partial charge in [0.05, 0.1) is 22.9 Å². The average Bonchev–Trinajstić information content (AvgIpc) is 3.07. The summed E-state index contributed by atoms with van der Waals surface area (Å²) >= 11 is 0. The Morgan fingerprint density at radius 1 is 1.16 bits per heavy atom. The number of aliphatic hydroxyl groups is 1. The van der Waals surface area contributed by atoms with Crippen LogP contribution in [0.15, 0.2) is 54.6 Å². The highest BCUT2D eigenvalue weighted by atomic mass is 16.3. The van der Waals surface area contributed by atoms with Crippen LogP contribution in [0.5, 0.6) is 0 Å². The molecule has 1 aliphatic heterocycles. The van der Waals surface area contributed by atoms with Crippen LogP contribution in [0.25, 0.3) is 22.2 Å². The Hall–Kier alpha value is -2.72. The lowest BCUT2D eigenvalue weighted by Crippen LogP contribution is -2.29. The average molecular weight is 332 g/mol. The van der Waals surface area contributed by atoms with E-state index in [9.17, 15) is 9.90 Å². The number of aryl methyl sites for hydroxylation is 1. The third kappa shape index (κ3) is 3.01. The number of pyridine rings is 1. The highest BCUT2D eigenvalue weighted by Gasteiger charge is 2.27. The number of benzene rings is 2. The lowest BCUT2D eigenvalue weighted by atomic mass is 10.0. The summed E-state index contributed by atoms with van der Waals surface area (Å²) in [5.74, 6) is -0.0384. The van der Waals surface area contributed by atoms with Crippen molar-refractivity contribution < 1.29 is 9.90 Å². The van der Waals surface area contributed by atoms with Gasteiger partial charge >= 0.3 is 0 Å². The second-order valence-electron chi connectivity index (χ2n) is 6.63. The topological polar surface area (TPSA) is 53.4 Å². The van der Waals surface area contributed by atoms with Crippen molar-refractivity contribution in [3.8, 4) is 11.3 Å². The van der Waals surface area contributed by atoms with Gasteiger partial charge in [0.25, 0.3) is 5.91 Å². The van der Waals surface area contributed by atoms with Gasteiger partial charge < -0.3 is 10.0 Å². The zero-order valence-electron chi connectivity index (χ0n) is 14.1. The largest absolute Gasteiger partial charge is 0.391 e. The monoisotopic (exact) mass is 332 g/mol. The van der Waals surface area contributed by atoms with Crippen LogP contribution < -0.4 is 0 Å². The molecule has 0 unspecified atom stereocenters. The first kappa shape index (κ1) is 15.8. The van der Waals surface area contributed by atoms with Gasteiger partial charge in [0.2, 0.25) is 0 Å². The number of aromatic nitrogens is 1. The molecule has 0 saturated carbocycles. The van der Waals surface area contributed by atoms with Crippen LogP contribution in [-0.4, -0.2) is 40.1 Å². The number of fused-ring (bicyclic) bond motifs is 1. The minimum absolute atomic E-state index is 0.0384. The molecule has 4 rings (SSSR count). The molecule has 126 valence electrons. The number of carbonyl (C=O) groups excluding carboxylic acids is 1. The maximum Gasteiger partial charge on any atom is 0.254 e. The third-order valence-electron chi connectivity index (χ3n) is 4.74. The van der Waals surface area contributed by atoms with Crippen molar-refractivity contribution in [2.24, 2.45) is 0 Å². The molecule has 4 heteroatoms. The Morgan fingerprint density at radius 3 is 2.64 bits per heavy atom. The first-order chi connectivity index (χ1) is 12.1. The van der Waals surface area contributed by atoms with Crippen molar-refractivity contribution in [2.45, 2.75) is 19.4 Å².